The highest BCUT2D eigenvalue weighted by molar-refractivity contribution is 7.89. The van der Waals surface area contributed by atoms with Crippen molar-refractivity contribution in [1.82, 2.24) is 28.7 Å². The number of nitrogens with zero attached hydrogens (tertiary/aromatic N) is 6. The number of sulfonamides is 1. The van der Waals surface area contributed by atoms with Crippen LogP contribution in [0.15, 0.2) is 94.7 Å². The van der Waals surface area contributed by atoms with Crippen LogP contribution in [0.25, 0.3) is 40.1 Å². The molecule has 0 bridgehead atoms. The molecule has 3 aromatic carbocycles. The van der Waals surface area contributed by atoms with Crippen molar-refractivity contribution in [2.45, 2.75) is 24.7 Å². The third kappa shape index (κ3) is 7.10. The zero-order valence-corrected chi connectivity index (χ0v) is 28.4. The maximum Gasteiger partial charge on any atom is 0.291 e. The number of aromatic nitrogens is 5. The number of rotatable bonds is 11. The van der Waals surface area contributed by atoms with Crippen LogP contribution in [0.1, 0.15) is 36.7 Å². The van der Waals surface area contributed by atoms with Gasteiger partial charge in [-0.15, -0.1) is 5.10 Å². The summed E-state index contributed by atoms with van der Waals surface area (Å²) in [5, 5.41) is 9.29. The van der Waals surface area contributed by atoms with E-state index < -0.39 is 10.0 Å². The van der Waals surface area contributed by atoms with Crippen LogP contribution in [-0.2, 0) is 14.8 Å². The first-order valence-corrected chi connectivity index (χ1v) is 18.3. The minimum Gasteiger partial charge on any atom is -0.494 e. The van der Waals surface area contributed by atoms with Crippen molar-refractivity contribution in [3.63, 3.8) is 0 Å². The third-order valence-electron chi connectivity index (χ3n) is 8.03. The number of thiazole rings is 1. The predicted octanol–water partition coefficient (Wildman–Crippen LogP) is 4.92. The van der Waals surface area contributed by atoms with Gasteiger partial charge in [-0.1, -0.05) is 73.2 Å². The first kappa shape index (κ1) is 32.6. The van der Waals surface area contributed by atoms with Gasteiger partial charge in [0.25, 0.3) is 5.56 Å². The second kappa shape index (κ2) is 14.3. The van der Waals surface area contributed by atoms with Crippen molar-refractivity contribution in [2.24, 2.45) is 0 Å². The molecule has 1 fully saturated rings. The van der Waals surface area contributed by atoms with Crippen molar-refractivity contribution < 1.29 is 17.9 Å². The molecular weight excluding hydrogens is 661 g/mol. The van der Waals surface area contributed by atoms with Gasteiger partial charge in [-0.3, -0.25) is 4.79 Å². The fraction of sp³-hybridized carbons (Fsp3) is 0.222. The average Bonchev–Trinajstić information content (AvgIpc) is 3.83. The second-order valence-electron chi connectivity index (χ2n) is 11.4. The van der Waals surface area contributed by atoms with Gasteiger partial charge in [-0.2, -0.15) is 18.9 Å². The van der Waals surface area contributed by atoms with Crippen molar-refractivity contribution in [3.8, 4) is 22.7 Å². The van der Waals surface area contributed by atoms with Crippen LogP contribution >= 0.6 is 11.3 Å². The molecule has 0 amide bonds. The van der Waals surface area contributed by atoms with Gasteiger partial charge in [0.05, 0.1) is 34.9 Å². The van der Waals surface area contributed by atoms with E-state index in [9.17, 15) is 13.2 Å². The molecule has 0 radical (unpaired) electrons. The first-order valence-electron chi connectivity index (χ1n) is 16.0. The van der Waals surface area contributed by atoms with Crippen LogP contribution in [-0.4, -0.2) is 70.0 Å². The molecule has 0 unspecified atom stereocenters. The van der Waals surface area contributed by atoms with Gasteiger partial charge in [-0.05, 0) is 60.5 Å². The summed E-state index contributed by atoms with van der Waals surface area (Å²) in [4.78, 5) is 18.7. The van der Waals surface area contributed by atoms with E-state index in [0.717, 1.165) is 29.8 Å². The van der Waals surface area contributed by atoms with Gasteiger partial charge < -0.3 is 9.47 Å². The Balaban J connectivity index is 1.21. The summed E-state index contributed by atoms with van der Waals surface area (Å²) in [6.07, 6.45) is 9.35. The fourth-order valence-corrected chi connectivity index (χ4v) is 7.77. The molecule has 250 valence electrons. The fourth-order valence-electron chi connectivity index (χ4n) is 5.41. The Hall–Kier alpha value is -4.95. The van der Waals surface area contributed by atoms with Gasteiger partial charge in [0.1, 0.15) is 11.4 Å². The molecule has 11 nitrogen and oxygen atoms in total. The quantitative estimate of drug-likeness (QED) is 0.175. The predicted molar refractivity (Wildman–Crippen MR) is 190 cm³/mol. The molecule has 6 aromatic rings. The lowest BCUT2D eigenvalue weighted by Gasteiger charge is -2.26. The summed E-state index contributed by atoms with van der Waals surface area (Å²) < 4.78 is 42.9. The first-order chi connectivity index (χ1) is 23.9. The normalized spacial score (nSPS) is 14.7. The molecule has 0 saturated carbocycles. The van der Waals surface area contributed by atoms with E-state index in [-0.39, 0.29) is 10.5 Å². The van der Waals surface area contributed by atoms with Crippen molar-refractivity contribution in [1.29, 1.82) is 0 Å². The zero-order valence-electron chi connectivity index (χ0n) is 26.8. The Bertz CT molecular complexity index is 2320. The van der Waals surface area contributed by atoms with E-state index in [1.54, 1.807) is 35.0 Å². The minimum atomic E-state index is -3.73. The van der Waals surface area contributed by atoms with Gasteiger partial charge in [0.2, 0.25) is 15.0 Å². The number of para-hydroxylation sites is 1. The number of fused-ring (bicyclic) bond motifs is 1. The van der Waals surface area contributed by atoms with Gasteiger partial charge in [-0.25, -0.2) is 13.1 Å². The molecule has 0 N–H and O–H groups in total. The Kier molecular flexibility index (Phi) is 9.49. The average molecular weight is 695 g/mol. The highest BCUT2D eigenvalue weighted by Gasteiger charge is 2.27. The van der Waals surface area contributed by atoms with Gasteiger partial charge in [0.15, 0.2) is 5.82 Å². The van der Waals surface area contributed by atoms with Crippen LogP contribution in [0.3, 0.4) is 0 Å². The van der Waals surface area contributed by atoms with Crippen LogP contribution in [0, 0.1) is 0 Å². The second-order valence-corrected chi connectivity index (χ2v) is 14.4. The van der Waals surface area contributed by atoms with Crippen molar-refractivity contribution >= 4 is 44.5 Å². The topological polar surface area (TPSA) is 121 Å². The Morgan fingerprint density at radius 1 is 0.959 bits per heavy atom. The minimum absolute atomic E-state index is 0.173. The maximum absolute atomic E-state index is 13.5. The summed E-state index contributed by atoms with van der Waals surface area (Å²) in [6.45, 7) is 4.14. The molecule has 0 spiro atoms. The third-order valence-corrected chi connectivity index (χ3v) is 10.9. The van der Waals surface area contributed by atoms with Crippen LogP contribution in [0.4, 0.5) is 0 Å². The monoisotopic (exact) mass is 694 g/mol. The lowest BCUT2D eigenvalue weighted by atomic mass is 10.1. The molecule has 0 aliphatic carbocycles. The number of unbranched alkanes of at least 4 members (excludes halogenated alkanes) is 1. The Labute approximate surface area is 287 Å². The number of hydrogen-bond acceptors (Lipinski definition) is 9. The van der Waals surface area contributed by atoms with Crippen LogP contribution < -0.4 is 14.8 Å². The molecule has 1 saturated heterocycles. The molecule has 0 atom stereocenters. The number of hydrogen-bond donors (Lipinski definition) is 0. The summed E-state index contributed by atoms with van der Waals surface area (Å²) in [5.41, 5.74) is 3.26. The number of ether oxygens (including phenoxy) is 2. The van der Waals surface area contributed by atoms with Gasteiger partial charge in [0, 0.05) is 30.4 Å². The molecule has 7 rings (SSSR count). The van der Waals surface area contributed by atoms with E-state index in [1.807, 2.05) is 72.9 Å². The summed E-state index contributed by atoms with van der Waals surface area (Å²) in [7, 11) is -3.73. The summed E-state index contributed by atoms with van der Waals surface area (Å²) in [6, 6.07) is 24.1. The zero-order chi connectivity index (χ0) is 33.8. The summed E-state index contributed by atoms with van der Waals surface area (Å²) >= 11 is 1.23. The van der Waals surface area contributed by atoms with Crippen LogP contribution in [0.5, 0.6) is 5.75 Å². The molecule has 49 heavy (non-hydrogen) atoms. The van der Waals surface area contributed by atoms with Gasteiger partial charge >= 0.3 is 0 Å². The molecular formula is C36H34N6O5S2. The smallest absolute Gasteiger partial charge is 0.291 e. The molecule has 1 aliphatic heterocycles. The Morgan fingerprint density at radius 3 is 2.51 bits per heavy atom. The Morgan fingerprint density at radius 2 is 1.76 bits per heavy atom. The molecule has 4 heterocycles. The summed E-state index contributed by atoms with van der Waals surface area (Å²) in [5.74, 6) is 1.25. The van der Waals surface area contributed by atoms with E-state index in [2.05, 4.69) is 17.0 Å². The number of morpholine rings is 1. The molecule has 13 heteroatoms. The van der Waals surface area contributed by atoms with E-state index >= 15 is 0 Å². The molecule has 1 aliphatic rings. The van der Waals surface area contributed by atoms with E-state index in [0.29, 0.717) is 65.0 Å². The highest BCUT2D eigenvalue weighted by Crippen LogP contribution is 2.28. The van der Waals surface area contributed by atoms with E-state index in [4.69, 9.17) is 14.6 Å². The SMILES string of the molecule is CCCCOc1ccc(/C=C/c2nc3s/c(=C\c4cn(-c5ccccc5)nc4-c4cccc(S(=O)(=O)N5CCOCC5)c4)c(=O)n3n2)cc1. The van der Waals surface area contributed by atoms with Crippen molar-refractivity contribution in [3.05, 3.63) is 117 Å². The largest absolute Gasteiger partial charge is 0.494 e. The van der Waals surface area contributed by atoms with Crippen LogP contribution in [0.2, 0.25) is 0 Å². The van der Waals surface area contributed by atoms with E-state index in [1.165, 1.54) is 20.2 Å². The molecule has 3 aromatic heterocycles. The lowest BCUT2D eigenvalue weighted by molar-refractivity contribution is 0.0730. The van der Waals surface area contributed by atoms with Crippen molar-refractivity contribution in [2.75, 3.05) is 32.9 Å². The standard InChI is InChI=1S/C36H34N6O5S2/c1-2-3-20-47-30-15-12-26(13-16-30)14-17-33-37-36-42(38-33)35(43)32(48-36)24-28-25-41(29-9-5-4-6-10-29)39-34(28)27-8-7-11-31(23-27)49(44,45)40-18-21-46-22-19-40/h4-17,23-25H,2-3,18-22H2,1H3/b17-14+,32-24-. The lowest BCUT2D eigenvalue weighted by Crippen LogP contribution is -2.40. The number of benzene rings is 3. The highest BCUT2D eigenvalue weighted by atomic mass is 32.2. The maximum atomic E-state index is 13.5.